The van der Waals surface area contributed by atoms with Crippen LogP contribution in [0.4, 0.5) is 5.82 Å². The third-order valence-corrected chi connectivity index (χ3v) is 5.81. The lowest BCUT2D eigenvalue weighted by molar-refractivity contribution is -0.0201. The summed E-state index contributed by atoms with van der Waals surface area (Å²) < 4.78 is 5.39. The highest BCUT2D eigenvalue weighted by atomic mass is 16.5. The molecule has 0 bridgehead atoms. The fourth-order valence-corrected chi connectivity index (χ4v) is 4.08. The lowest BCUT2D eigenvalue weighted by Crippen LogP contribution is -2.52. The second-order valence-corrected chi connectivity index (χ2v) is 8.86. The van der Waals surface area contributed by atoms with Gasteiger partial charge in [0.25, 0.3) is 0 Å². The highest BCUT2D eigenvalue weighted by Crippen LogP contribution is 2.17. The maximum atomic E-state index is 10.8. The highest BCUT2D eigenvalue weighted by Gasteiger charge is 2.25. The zero-order chi connectivity index (χ0) is 21.9. The first-order valence-corrected chi connectivity index (χ1v) is 11.8. The van der Waals surface area contributed by atoms with Crippen LogP contribution in [-0.4, -0.2) is 85.6 Å². The Balaban J connectivity index is 1.51. The molecule has 1 aromatic rings. The molecule has 0 saturated carbocycles. The first kappa shape index (κ1) is 23.8. The number of guanidine groups is 1. The highest BCUT2D eigenvalue weighted by molar-refractivity contribution is 5.79. The van der Waals surface area contributed by atoms with Crippen molar-refractivity contribution in [1.82, 2.24) is 20.5 Å². The molecule has 8 nitrogen and oxygen atoms in total. The minimum Gasteiger partial charge on any atom is -0.387 e. The third-order valence-electron chi connectivity index (χ3n) is 5.81. The Morgan fingerprint density at radius 1 is 1.13 bits per heavy atom. The maximum absolute atomic E-state index is 10.8. The molecule has 2 saturated heterocycles. The van der Waals surface area contributed by atoms with Crippen molar-refractivity contribution in [2.24, 2.45) is 4.99 Å². The molecule has 3 rings (SSSR count). The van der Waals surface area contributed by atoms with E-state index in [-0.39, 0.29) is 0 Å². The van der Waals surface area contributed by atoms with Gasteiger partial charge in [-0.1, -0.05) is 18.9 Å². The smallest absolute Gasteiger partial charge is 0.191 e. The minimum absolute atomic E-state index is 0.433. The number of ether oxygens (including phenoxy) is 1. The SMILES string of the molecule is CCNC(=NCc1ccc(N2CCCCCC2)nc1)NCC(C)(O)CN1CCOCC1. The fourth-order valence-electron chi connectivity index (χ4n) is 4.08. The van der Waals surface area contributed by atoms with Gasteiger partial charge in [0.1, 0.15) is 5.82 Å². The lowest BCUT2D eigenvalue weighted by Gasteiger charge is -2.34. The normalized spacial score (nSPS) is 20.7. The van der Waals surface area contributed by atoms with Crippen LogP contribution in [0.1, 0.15) is 45.1 Å². The Kier molecular flexibility index (Phi) is 9.36. The van der Waals surface area contributed by atoms with Crippen LogP contribution in [0.2, 0.25) is 0 Å². The van der Waals surface area contributed by atoms with Gasteiger partial charge >= 0.3 is 0 Å². The van der Waals surface area contributed by atoms with Gasteiger partial charge < -0.3 is 25.4 Å². The molecule has 0 aromatic carbocycles. The van der Waals surface area contributed by atoms with E-state index in [0.29, 0.717) is 25.6 Å². The number of aliphatic imine (C=N–C) groups is 1. The molecule has 0 amide bonds. The number of nitrogens with one attached hydrogen (secondary N) is 2. The van der Waals surface area contributed by atoms with Crippen molar-refractivity contribution in [2.45, 2.75) is 51.7 Å². The fraction of sp³-hybridized carbons (Fsp3) is 0.739. The first-order valence-electron chi connectivity index (χ1n) is 11.8. The van der Waals surface area contributed by atoms with E-state index in [1.807, 2.05) is 20.0 Å². The van der Waals surface area contributed by atoms with E-state index in [1.54, 1.807) is 0 Å². The van der Waals surface area contributed by atoms with Gasteiger partial charge in [-0.25, -0.2) is 9.98 Å². The molecule has 3 heterocycles. The Morgan fingerprint density at radius 3 is 2.52 bits per heavy atom. The van der Waals surface area contributed by atoms with Crippen LogP contribution < -0.4 is 15.5 Å². The summed E-state index contributed by atoms with van der Waals surface area (Å²) in [7, 11) is 0. The molecule has 31 heavy (non-hydrogen) atoms. The van der Waals surface area contributed by atoms with Crippen molar-refractivity contribution in [2.75, 3.05) is 63.9 Å². The van der Waals surface area contributed by atoms with Crippen LogP contribution >= 0.6 is 0 Å². The number of nitrogens with zero attached hydrogens (tertiary/aromatic N) is 4. The summed E-state index contributed by atoms with van der Waals surface area (Å²) in [6, 6.07) is 4.23. The number of β-amino-alcohol motifs (C(OH)–C–C–N with tert-alkyl or cyclic N) is 1. The summed E-state index contributed by atoms with van der Waals surface area (Å²) in [6.07, 6.45) is 7.08. The number of hydrogen-bond acceptors (Lipinski definition) is 6. The molecule has 2 fully saturated rings. The van der Waals surface area contributed by atoms with E-state index in [0.717, 1.165) is 57.3 Å². The van der Waals surface area contributed by atoms with Gasteiger partial charge in [-0.15, -0.1) is 0 Å². The summed E-state index contributed by atoms with van der Waals surface area (Å²) >= 11 is 0. The molecule has 2 aliphatic rings. The molecule has 0 aliphatic carbocycles. The number of anilines is 1. The first-order chi connectivity index (χ1) is 15.1. The van der Waals surface area contributed by atoms with Gasteiger partial charge in [0.15, 0.2) is 5.96 Å². The van der Waals surface area contributed by atoms with Crippen LogP contribution in [0.25, 0.3) is 0 Å². The Labute approximate surface area is 187 Å². The van der Waals surface area contributed by atoms with Crippen LogP contribution in [0.5, 0.6) is 0 Å². The van der Waals surface area contributed by atoms with Crippen molar-refractivity contribution >= 4 is 11.8 Å². The molecular formula is C23H40N6O2. The van der Waals surface area contributed by atoms with Gasteiger partial charge in [0.2, 0.25) is 0 Å². The summed E-state index contributed by atoms with van der Waals surface area (Å²) in [6.45, 7) is 11.7. The third kappa shape index (κ3) is 8.27. The largest absolute Gasteiger partial charge is 0.387 e. The van der Waals surface area contributed by atoms with Crippen molar-refractivity contribution in [1.29, 1.82) is 0 Å². The number of rotatable bonds is 8. The van der Waals surface area contributed by atoms with E-state index in [1.165, 1.54) is 25.7 Å². The van der Waals surface area contributed by atoms with E-state index >= 15 is 0 Å². The Bertz CT molecular complexity index is 665. The Morgan fingerprint density at radius 2 is 1.87 bits per heavy atom. The average Bonchev–Trinajstić information content (AvgIpc) is 3.06. The summed E-state index contributed by atoms with van der Waals surface area (Å²) in [5.41, 5.74) is 0.236. The van der Waals surface area contributed by atoms with Gasteiger partial charge in [-0.3, -0.25) is 4.90 Å². The second kappa shape index (κ2) is 12.2. The van der Waals surface area contributed by atoms with E-state index < -0.39 is 5.60 Å². The van der Waals surface area contributed by atoms with E-state index in [2.05, 4.69) is 42.5 Å². The van der Waals surface area contributed by atoms with E-state index in [9.17, 15) is 5.11 Å². The predicted octanol–water partition coefficient (Wildman–Crippen LogP) is 1.60. The van der Waals surface area contributed by atoms with Crippen molar-refractivity contribution in [3.8, 4) is 0 Å². The molecule has 174 valence electrons. The van der Waals surface area contributed by atoms with E-state index in [4.69, 9.17) is 4.74 Å². The van der Waals surface area contributed by atoms with Crippen LogP contribution in [-0.2, 0) is 11.3 Å². The van der Waals surface area contributed by atoms with Crippen molar-refractivity contribution < 1.29 is 9.84 Å². The number of pyridine rings is 1. The number of morpholine rings is 1. The van der Waals surface area contributed by atoms with Gasteiger partial charge in [-0.2, -0.15) is 0 Å². The molecule has 0 radical (unpaired) electrons. The molecule has 1 atom stereocenters. The topological polar surface area (TPSA) is 85.2 Å². The van der Waals surface area contributed by atoms with Gasteiger partial charge in [0, 0.05) is 52.0 Å². The minimum atomic E-state index is -0.843. The number of aliphatic hydroxyl groups is 1. The maximum Gasteiger partial charge on any atom is 0.191 e. The monoisotopic (exact) mass is 432 g/mol. The molecule has 0 spiro atoms. The molecule has 8 heteroatoms. The van der Waals surface area contributed by atoms with Crippen molar-refractivity contribution in [3.63, 3.8) is 0 Å². The van der Waals surface area contributed by atoms with Crippen LogP contribution in [0, 0.1) is 0 Å². The quantitative estimate of drug-likeness (QED) is 0.425. The summed E-state index contributed by atoms with van der Waals surface area (Å²) in [5, 5.41) is 17.4. The predicted molar refractivity (Wildman–Crippen MR) is 126 cm³/mol. The van der Waals surface area contributed by atoms with Crippen LogP contribution in [0.3, 0.4) is 0 Å². The Hall–Kier alpha value is -1.90. The van der Waals surface area contributed by atoms with Crippen molar-refractivity contribution in [3.05, 3.63) is 23.9 Å². The molecular weight excluding hydrogens is 392 g/mol. The zero-order valence-electron chi connectivity index (χ0n) is 19.3. The zero-order valence-corrected chi connectivity index (χ0v) is 19.3. The number of aromatic nitrogens is 1. The summed E-state index contributed by atoms with van der Waals surface area (Å²) in [4.78, 5) is 14.0. The summed E-state index contributed by atoms with van der Waals surface area (Å²) in [5.74, 6) is 1.78. The molecule has 3 N–H and O–H groups in total. The van der Waals surface area contributed by atoms with Gasteiger partial charge in [-0.05, 0) is 38.3 Å². The molecule has 2 aliphatic heterocycles. The van der Waals surface area contributed by atoms with Crippen LogP contribution in [0.15, 0.2) is 23.3 Å². The average molecular weight is 433 g/mol. The molecule has 1 unspecified atom stereocenters. The van der Waals surface area contributed by atoms with Gasteiger partial charge in [0.05, 0.1) is 25.4 Å². The second-order valence-electron chi connectivity index (χ2n) is 8.86. The number of hydrogen-bond donors (Lipinski definition) is 3. The lowest BCUT2D eigenvalue weighted by atomic mass is 10.1. The molecule has 1 aromatic heterocycles. The standard InChI is InChI=1S/C23H40N6O2/c1-3-24-22(27-18-23(2,30)19-28-12-14-31-15-13-28)26-17-20-8-9-21(25-16-20)29-10-6-4-5-7-11-29/h8-9,16,30H,3-7,10-15,17-19H2,1-2H3,(H2,24,26,27).